The van der Waals surface area contributed by atoms with Gasteiger partial charge in [0.25, 0.3) is 0 Å². The van der Waals surface area contributed by atoms with Gasteiger partial charge in [0.2, 0.25) is 5.82 Å². The van der Waals surface area contributed by atoms with E-state index in [1.165, 1.54) is 4.68 Å². The van der Waals surface area contributed by atoms with Crippen molar-refractivity contribution in [3.63, 3.8) is 0 Å². The molecule has 0 aliphatic heterocycles. The number of nitrogens with one attached hydrogen (secondary N) is 1. The van der Waals surface area contributed by atoms with Crippen LogP contribution in [0.4, 0.5) is 11.5 Å². The Morgan fingerprint density at radius 3 is 2.71 bits per heavy atom. The average molecular weight is 353 g/mol. The molecule has 0 aliphatic carbocycles. The predicted octanol–water partition coefficient (Wildman–Crippen LogP) is 3.83. The second-order valence-corrected chi connectivity index (χ2v) is 5.62. The van der Waals surface area contributed by atoms with Gasteiger partial charge in [-0.25, -0.2) is 4.68 Å². The van der Waals surface area contributed by atoms with E-state index in [1.54, 1.807) is 7.05 Å². The zero-order valence-corrected chi connectivity index (χ0v) is 13.7. The van der Waals surface area contributed by atoms with Crippen LogP contribution >= 0.6 is 15.9 Å². The zero-order chi connectivity index (χ0) is 15.6. The molecule has 1 aromatic carbocycles. The molecule has 7 heteroatoms. The van der Waals surface area contributed by atoms with Crippen LogP contribution in [-0.2, 0) is 13.5 Å². The summed E-state index contributed by atoms with van der Waals surface area (Å²) < 4.78 is 2.50. The first-order valence-electron chi connectivity index (χ1n) is 6.66. The van der Waals surface area contributed by atoms with Gasteiger partial charge in [-0.3, -0.25) is 10.1 Å². The van der Waals surface area contributed by atoms with Crippen molar-refractivity contribution >= 4 is 27.4 Å². The maximum absolute atomic E-state index is 11.3. The first-order valence-corrected chi connectivity index (χ1v) is 7.46. The molecule has 2 aromatic rings. The van der Waals surface area contributed by atoms with Crippen molar-refractivity contribution in [3.8, 4) is 0 Å². The Hall–Kier alpha value is -1.89. The van der Waals surface area contributed by atoms with E-state index in [9.17, 15) is 10.1 Å². The molecule has 0 aliphatic rings. The van der Waals surface area contributed by atoms with Gasteiger partial charge in [0, 0.05) is 11.5 Å². The Kier molecular flexibility index (Phi) is 4.62. The number of benzene rings is 1. The number of halogens is 1. The quantitative estimate of drug-likeness (QED) is 0.655. The zero-order valence-electron chi connectivity index (χ0n) is 12.1. The minimum Gasteiger partial charge on any atom is -0.358 e. The van der Waals surface area contributed by atoms with E-state index < -0.39 is 0 Å². The topological polar surface area (TPSA) is 73.0 Å². The van der Waals surface area contributed by atoms with Crippen LogP contribution in [0.1, 0.15) is 31.1 Å². The standard InChI is InChI=1S/C14H17BrN4O2/c1-4-12-13(19(20)21)14(18(3)17-12)16-9(2)10-7-5-6-8-11(10)15/h5-9,16H,4H2,1-3H3. The summed E-state index contributed by atoms with van der Waals surface area (Å²) >= 11 is 3.50. The first kappa shape index (κ1) is 15.5. The summed E-state index contributed by atoms with van der Waals surface area (Å²) in [5, 5.41) is 18.7. The highest BCUT2D eigenvalue weighted by atomic mass is 79.9. The fraction of sp³-hybridized carbons (Fsp3) is 0.357. The third kappa shape index (κ3) is 3.07. The lowest BCUT2D eigenvalue weighted by molar-refractivity contribution is -0.384. The number of anilines is 1. The van der Waals surface area contributed by atoms with Crippen LogP contribution in [0, 0.1) is 10.1 Å². The second kappa shape index (κ2) is 6.26. The summed E-state index contributed by atoms with van der Waals surface area (Å²) in [4.78, 5) is 10.9. The van der Waals surface area contributed by atoms with Gasteiger partial charge in [-0.05, 0) is 25.0 Å². The van der Waals surface area contributed by atoms with E-state index in [2.05, 4.69) is 26.3 Å². The van der Waals surface area contributed by atoms with Crippen molar-refractivity contribution in [1.29, 1.82) is 0 Å². The van der Waals surface area contributed by atoms with E-state index in [-0.39, 0.29) is 16.7 Å². The summed E-state index contributed by atoms with van der Waals surface area (Å²) in [5.41, 5.74) is 1.58. The largest absolute Gasteiger partial charge is 0.358 e. The highest BCUT2D eigenvalue weighted by Crippen LogP contribution is 2.32. The molecule has 0 saturated heterocycles. The van der Waals surface area contributed by atoms with E-state index in [0.29, 0.717) is 17.9 Å². The first-order chi connectivity index (χ1) is 9.95. The maximum atomic E-state index is 11.3. The Bertz CT molecular complexity index is 669. The number of aryl methyl sites for hydroxylation is 2. The van der Waals surface area contributed by atoms with Crippen molar-refractivity contribution in [2.24, 2.45) is 7.05 Å². The molecule has 0 saturated carbocycles. The van der Waals surface area contributed by atoms with Gasteiger partial charge in [-0.1, -0.05) is 41.1 Å². The van der Waals surface area contributed by atoms with E-state index in [0.717, 1.165) is 10.0 Å². The Morgan fingerprint density at radius 2 is 2.14 bits per heavy atom. The van der Waals surface area contributed by atoms with E-state index in [1.807, 2.05) is 38.1 Å². The third-order valence-electron chi connectivity index (χ3n) is 3.33. The maximum Gasteiger partial charge on any atom is 0.333 e. The Morgan fingerprint density at radius 1 is 1.48 bits per heavy atom. The molecule has 112 valence electrons. The lowest BCUT2D eigenvalue weighted by Gasteiger charge is -2.16. The van der Waals surface area contributed by atoms with Crippen LogP contribution in [0.3, 0.4) is 0 Å². The Labute approximate surface area is 131 Å². The minimum atomic E-state index is -0.374. The summed E-state index contributed by atoms with van der Waals surface area (Å²) in [5.74, 6) is 0.431. The number of nitrogens with zero attached hydrogens (tertiary/aromatic N) is 3. The van der Waals surface area contributed by atoms with Gasteiger partial charge in [0.1, 0.15) is 5.69 Å². The van der Waals surface area contributed by atoms with Crippen molar-refractivity contribution in [2.45, 2.75) is 26.3 Å². The van der Waals surface area contributed by atoms with Gasteiger partial charge in [-0.15, -0.1) is 0 Å². The minimum absolute atomic E-state index is 0.0545. The fourth-order valence-electron chi connectivity index (χ4n) is 2.27. The molecule has 1 heterocycles. The van der Waals surface area contributed by atoms with Gasteiger partial charge >= 0.3 is 5.69 Å². The number of nitro groups is 1. The summed E-state index contributed by atoms with van der Waals surface area (Å²) in [7, 11) is 1.71. The molecule has 0 spiro atoms. The molecule has 1 N–H and O–H groups in total. The molecule has 0 radical (unpaired) electrons. The molecular formula is C14H17BrN4O2. The molecule has 1 atom stereocenters. The summed E-state index contributed by atoms with van der Waals surface area (Å²) in [6, 6.07) is 7.71. The molecule has 0 amide bonds. The number of aromatic nitrogens is 2. The van der Waals surface area contributed by atoms with Crippen LogP contribution < -0.4 is 5.32 Å². The van der Waals surface area contributed by atoms with Gasteiger partial charge in [-0.2, -0.15) is 5.10 Å². The average Bonchev–Trinajstić information content (AvgIpc) is 2.75. The molecule has 0 fully saturated rings. The normalized spacial score (nSPS) is 12.2. The van der Waals surface area contributed by atoms with Crippen molar-refractivity contribution < 1.29 is 4.92 Å². The van der Waals surface area contributed by atoms with Crippen molar-refractivity contribution in [1.82, 2.24) is 9.78 Å². The van der Waals surface area contributed by atoms with Crippen LogP contribution in [0.5, 0.6) is 0 Å². The SMILES string of the molecule is CCc1nn(C)c(NC(C)c2ccccc2Br)c1[N+](=O)[O-]. The highest BCUT2D eigenvalue weighted by molar-refractivity contribution is 9.10. The monoisotopic (exact) mass is 352 g/mol. The van der Waals surface area contributed by atoms with Crippen LogP contribution in [0.15, 0.2) is 28.7 Å². The van der Waals surface area contributed by atoms with E-state index in [4.69, 9.17) is 0 Å². The fourth-order valence-corrected chi connectivity index (χ4v) is 2.90. The lowest BCUT2D eigenvalue weighted by atomic mass is 10.1. The van der Waals surface area contributed by atoms with Crippen molar-refractivity contribution in [2.75, 3.05) is 5.32 Å². The third-order valence-corrected chi connectivity index (χ3v) is 4.06. The van der Waals surface area contributed by atoms with Crippen LogP contribution in [-0.4, -0.2) is 14.7 Å². The van der Waals surface area contributed by atoms with Crippen LogP contribution in [0.2, 0.25) is 0 Å². The van der Waals surface area contributed by atoms with Gasteiger partial charge in [0.15, 0.2) is 0 Å². The smallest absolute Gasteiger partial charge is 0.333 e. The van der Waals surface area contributed by atoms with Crippen molar-refractivity contribution in [3.05, 3.63) is 50.1 Å². The predicted molar refractivity (Wildman–Crippen MR) is 85.4 cm³/mol. The van der Waals surface area contributed by atoms with Gasteiger partial charge in [0.05, 0.1) is 11.0 Å². The molecule has 0 bridgehead atoms. The second-order valence-electron chi connectivity index (χ2n) is 4.77. The number of hydrogen-bond donors (Lipinski definition) is 1. The lowest BCUT2D eigenvalue weighted by Crippen LogP contribution is -2.11. The van der Waals surface area contributed by atoms with Crippen LogP contribution in [0.25, 0.3) is 0 Å². The summed E-state index contributed by atoms with van der Waals surface area (Å²) in [6.45, 7) is 3.82. The Balaban J connectivity index is 2.38. The number of hydrogen-bond acceptors (Lipinski definition) is 4. The summed E-state index contributed by atoms with van der Waals surface area (Å²) in [6.07, 6.45) is 0.523. The highest BCUT2D eigenvalue weighted by Gasteiger charge is 2.26. The molecule has 21 heavy (non-hydrogen) atoms. The molecule has 1 unspecified atom stereocenters. The molecule has 6 nitrogen and oxygen atoms in total. The van der Waals surface area contributed by atoms with Gasteiger partial charge < -0.3 is 5.32 Å². The molecular weight excluding hydrogens is 336 g/mol. The number of rotatable bonds is 5. The molecule has 1 aromatic heterocycles. The van der Waals surface area contributed by atoms with E-state index >= 15 is 0 Å². The molecule has 2 rings (SSSR count).